The van der Waals surface area contributed by atoms with Crippen LogP contribution in [-0.4, -0.2) is 19.1 Å². The predicted octanol–water partition coefficient (Wildman–Crippen LogP) is 4.17. The van der Waals surface area contributed by atoms with Gasteiger partial charge >= 0.3 is 0 Å². The van der Waals surface area contributed by atoms with E-state index in [9.17, 15) is 9.18 Å². The Hall–Kier alpha value is -2.27. The average molecular weight is 350 g/mol. The lowest BCUT2D eigenvalue weighted by Gasteiger charge is -2.26. The molecule has 3 rings (SSSR count). The Morgan fingerprint density at radius 2 is 1.79 bits per heavy atom. The molecular weight excluding hydrogens is 333 g/mol. The zero-order chi connectivity index (χ0) is 17.3. The van der Waals surface area contributed by atoms with Crippen molar-refractivity contribution in [3.05, 3.63) is 52.8 Å². The monoisotopic (exact) mass is 349 g/mol. The van der Waals surface area contributed by atoms with Crippen LogP contribution in [0.3, 0.4) is 0 Å². The first kappa shape index (κ1) is 16.6. The fourth-order valence-corrected chi connectivity index (χ4v) is 2.73. The fourth-order valence-electron chi connectivity index (χ4n) is 2.53. The maximum Gasteiger partial charge on any atom is 0.234 e. The van der Waals surface area contributed by atoms with Crippen molar-refractivity contribution in [1.29, 1.82) is 0 Å². The van der Waals surface area contributed by atoms with Gasteiger partial charge in [-0.05, 0) is 19.9 Å². The molecule has 1 heterocycles. The second kappa shape index (κ2) is 6.32. The number of hydrogen-bond donors (Lipinski definition) is 1. The first-order valence-electron chi connectivity index (χ1n) is 7.55. The third kappa shape index (κ3) is 3.04. The largest absolute Gasteiger partial charge is 0.486 e. The maximum absolute atomic E-state index is 14.0. The third-order valence-electron chi connectivity index (χ3n) is 3.99. The first-order valence-corrected chi connectivity index (χ1v) is 7.93. The molecule has 0 unspecified atom stereocenters. The van der Waals surface area contributed by atoms with E-state index in [0.29, 0.717) is 41.0 Å². The second-order valence-electron chi connectivity index (χ2n) is 6.03. The Labute approximate surface area is 144 Å². The van der Waals surface area contributed by atoms with Gasteiger partial charge in [0.05, 0.1) is 16.1 Å². The molecule has 1 N–H and O–H groups in total. The van der Waals surface area contributed by atoms with Gasteiger partial charge < -0.3 is 14.8 Å². The molecule has 0 bridgehead atoms. The quantitative estimate of drug-likeness (QED) is 0.904. The van der Waals surface area contributed by atoms with Crippen molar-refractivity contribution >= 4 is 23.2 Å². The number of hydrogen-bond acceptors (Lipinski definition) is 3. The minimum atomic E-state index is -1.07. The number of carbonyl (C=O) groups is 1. The minimum absolute atomic E-state index is 0.316. The predicted molar refractivity (Wildman–Crippen MR) is 90.5 cm³/mol. The van der Waals surface area contributed by atoms with Gasteiger partial charge in [-0.15, -0.1) is 0 Å². The van der Waals surface area contributed by atoms with Gasteiger partial charge in [0.25, 0.3) is 0 Å². The van der Waals surface area contributed by atoms with Crippen molar-refractivity contribution in [2.45, 2.75) is 19.3 Å². The zero-order valence-electron chi connectivity index (χ0n) is 13.4. The summed E-state index contributed by atoms with van der Waals surface area (Å²) in [4.78, 5) is 12.7. The van der Waals surface area contributed by atoms with Crippen LogP contribution in [0.5, 0.6) is 11.5 Å². The highest BCUT2D eigenvalue weighted by Gasteiger charge is 2.33. The molecule has 4 nitrogen and oxygen atoms in total. The van der Waals surface area contributed by atoms with Crippen LogP contribution in [-0.2, 0) is 10.2 Å². The molecule has 2 aromatic rings. The van der Waals surface area contributed by atoms with Gasteiger partial charge in [0.2, 0.25) is 5.91 Å². The molecule has 6 heteroatoms. The van der Waals surface area contributed by atoms with Crippen LogP contribution < -0.4 is 14.8 Å². The first-order chi connectivity index (χ1) is 11.4. The van der Waals surface area contributed by atoms with E-state index in [1.807, 2.05) is 0 Å². The van der Waals surface area contributed by atoms with Crippen molar-refractivity contribution in [2.24, 2.45) is 0 Å². The summed E-state index contributed by atoms with van der Waals surface area (Å²) in [6, 6.07) is 9.44. The van der Waals surface area contributed by atoms with Crippen LogP contribution >= 0.6 is 11.6 Å². The van der Waals surface area contributed by atoms with E-state index in [0.717, 1.165) is 0 Å². The summed E-state index contributed by atoms with van der Waals surface area (Å²) in [7, 11) is 0. The molecule has 0 aliphatic carbocycles. The lowest BCUT2D eigenvalue weighted by Crippen LogP contribution is -2.35. The highest BCUT2D eigenvalue weighted by molar-refractivity contribution is 6.34. The molecule has 0 aromatic heterocycles. The van der Waals surface area contributed by atoms with Crippen molar-refractivity contribution in [3.63, 3.8) is 0 Å². The summed E-state index contributed by atoms with van der Waals surface area (Å²) in [5.41, 5.74) is -0.353. The van der Waals surface area contributed by atoms with E-state index in [4.69, 9.17) is 21.1 Å². The lowest BCUT2D eigenvalue weighted by molar-refractivity contribution is -0.120. The van der Waals surface area contributed by atoms with Crippen molar-refractivity contribution in [2.75, 3.05) is 18.5 Å². The van der Waals surface area contributed by atoms with E-state index >= 15 is 0 Å². The summed E-state index contributed by atoms with van der Waals surface area (Å²) in [5, 5.41) is 3.08. The van der Waals surface area contributed by atoms with Crippen LogP contribution in [0.4, 0.5) is 10.1 Å². The molecule has 1 amide bonds. The molecular formula is C18H17ClFNO3. The number of carbonyl (C=O) groups excluding carboxylic acids is 1. The number of amides is 1. The SMILES string of the molecule is CC(C)(C(=O)Nc1cc2c(cc1Cl)OCCO2)c1ccccc1F. The third-order valence-corrected chi connectivity index (χ3v) is 4.31. The van der Waals surface area contributed by atoms with E-state index in [1.54, 1.807) is 44.2 Å². The number of rotatable bonds is 3. The summed E-state index contributed by atoms with van der Waals surface area (Å²) in [5.74, 6) is 0.263. The molecule has 0 saturated carbocycles. The Morgan fingerprint density at radius 3 is 2.46 bits per heavy atom. The smallest absolute Gasteiger partial charge is 0.234 e. The van der Waals surface area contributed by atoms with Crippen LogP contribution in [0.15, 0.2) is 36.4 Å². The van der Waals surface area contributed by atoms with Crippen molar-refractivity contribution in [3.8, 4) is 11.5 Å². The van der Waals surface area contributed by atoms with Gasteiger partial charge in [0, 0.05) is 17.7 Å². The Kier molecular flexibility index (Phi) is 4.37. The summed E-state index contributed by atoms with van der Waals surface area (Å²) < 4.78 is 25.0. The standard InChI is InChI=1S/C18H17ClFNO3/c1-18(2,11-5-3-4-6-13(11)20)17(22)21-14-10-16-15(9-12(14)19)23-7-8-24-16/h3-6,9-10H,7-8H2,1-2H3,(H,21,22). The lowest BCUT2D eigenvalue weighted by atomic mass is 9.83. The number of benzene rings is 2. The number of anilines is 1. The molecule has 0 atom stereocenters. The highest BCUT2D eigenvalue weighted by Crippen LogP contribution is 2.38. The zero-order valence-corrected chi connectivity index (χ0v) is 14.1. The van der Waals surface area contributed by atoms with Crippen LogP contribution in [0.25, 0.3) is 0 Å². The maximum atomic E-state index is 14.0. The van der Waals surface area contributed by atoms with Crippen molar-refractivity contribution < 1.29 is 18.7 Å². The molecule has 126 valence electrons. The molecule has 1 aliphatic heterocycles. The summed E-state index contributed by atoms with van der Waals surface area (Å²) >= 11 is 6.21. The topological polar surface area (TPSA) is 47.6 Å². The fraction of sp³-hybridized carbons (Fsp3) is 0.278. The summed E-state index contributed by atoms with van der Waals surface area (Å²) in [6.07, 6.45) is 0. The number of nitrogens with one attached hydrogen (secondary N) is 1. The Bertz CT molecular complexity index is 792. The molecule has 0 saturated heterocycles. The highest BCUT2D eigenvalue weighted by atomic mass is 35.5. The van der Waals surface area contributed by atoms with Gasteiger partial charge in [-0.2, -0.15) is 0 Å². The Balaban J connectivity index is 1.88. The van der Waals surface area contributed by atoms with Crippen LogP contribution in [0.1, 0.15) is 19.4 Å². The molecule has 24 heavy (non-hydrogen) atoms. The van der Waals surface area contributed by atoms with Crippen molar-refractivity contribution in [1.82, 2.24) is 0 Å². The normalized spacial score (nSPS) is 13.5. The van der Waals surface area contributed by atoms with E-state index in [-0.39, 0.29) is 5.91 Å². The number of fused-ring (bicyclic) bond motifs is 1. The van der Waals surface area contributed by atoms with Gasteiger partial charge in [-0.3, -0.25) is 4.79 Å². The summed E-state index contributed by atoms with van der Waals surface area (Å²) in [6.45, 7) is 4.21. The number of halogens is 2. The van der Waals surface area contributed by atoms with Gasteiger partial charge in [0.1, 0.15) is 19.0 Å². The molecule has 1 aliphatic rings. The Morgan fingerprint density at radius 1 is 1.17 bits per heavy atom. The number of ether oxygens (including phenoxy) is 2. The minimum Gasteiger partial charge on any atom is -0.486 e. The van der Waals surface area contributed by atoms with Gasteiger partial charge in [-0.1, -0.05) is 29.8 Å². The average Bonchev–Trinajstić information content (AvgIpc) is 2.55. The van der Waals surface area contributed by atoms with Crippen LogP contribution in [0, 0.1) is 5.82 Å². The van der Waals surface area contributed by atoms with E-state index in [1.165, 1.54) is 6.07 Å². The van der Waals surface area contributed by atoms with Crippen LogP contribution in [0.2, 0.25) is 5.02 Å². The molecule has 0 fully saturated rings. The van der Waals surface area contributed by atoms with E-state index in [2.05, 4.69) is 5.32 Å². The molecule has 2 aromatic carbocycles. The molecule has 0 radical (unpaired) electrons. The van der Waals surface area contributed by atoms with Gasteiger partial charge in [0.15, 0.2) is 11.5 Å². The second-order valence-corrected chi connectivity index (χ2v) is 6.44. The van der Waals surface area contributed by atoms with Gasteiger partial charge in [-0.25, -0.2) is 4.39 Å². The van der Waals surface area contributed by atoms with E-state index < -0.39 is 11.2 Å². The molecule has 0 spiro atoms.